The molecule has 2 aromatic carbocycles. The van der Waals surface area contributed by atoms with Crippen LogP contribution in [0.2, 0.25) is 0 Å². The summed E-state index contributed by atoms with van der Waals surface area (Å²) in [5.74, 6) is 0. The molecule has 2 heteroatoms. The van der Waals surface area contributed by atoms with Gasteiger partial charge in [-0.3, -0.25) is 0 Å². The van der Waals surface area contributed by atoms with Crippen molar-refractivity contribution in [2.45, 2.75) is 19.3 Å². The van der Waals surface area contributed by atoms with Crippen LogP contribution in [0.15, 0.2) is 54.6 Å². The van der Waals surface area contributed by atoms with E-state index in [-0.39, 0.29) is 0 Å². The zero-order chi connectivity index (χ0) is 14.2. The third-order valence-electron chi connectivity index (χ3n) is 3.67. The summed E-state index contributed by atoms with van der Waals surface area (Å²) in [5, 5.41) is 0. The van der Waals surface area contributed by atoms with Crippen LogP contribution >= 0.6 is 0 Å². The lowest BCUT2D eigenvalue weighted by atomic mass is 10.1. The van der Waals surface area contributed by atoms with E-state index in [1.807, 2.05) is 12.1 Å². The van der Waals surface area contributed by atoms with E-state index in [1.54, 1.807) is 0 Å². The number of likely N-dealkylation sites (N-methyl/N-ethyl adjacent to an activating group) is 1. The van der Waals surface area contributed by atoms with Crippen molar-refractivity contribution >= 4 is 5.69 Å². The summed E-state index contributed by atoms with van der Waals surface area (Å²) in [7, 11) is 2.19. The highest BCUT2D eigenvalue weighted by Crippen LogP contribution is 2.12. The van der Waals surface area contributed by atoms with E-state index in [4.69, 9.17) is 5.73 Å². The molecule has 0 radical (unpaired) electrons. The largest absolute Gasteiger partial charge is 0.399 e. The van der Waals surface area contributed by atoms with Crippen molar-refractivity contribution in [2.75, 3.05) is 25.9 Å². The number of nitrogens with zero attached hydrogens (tertiary/aromatic N) is 1. The maximum Gasteiger partial charge on any atom is 0.0346 e. The van der Waals surface area contributed by atoms with Crippen molar-refractivity contribution in [1.29, 1.82) is 0 Å². The third-order valence-corrected chi connectivity index (χ3v) is 3.67. The Morgan fingerprint density at radius 2 is 1.55 bits per heavy atom. The molecule has 2 N–H and O–H groups in total. The normalized spacial score (nSPS) is 10.9. The lowest BCUT2D eigenvalue weighted by Gasteiger charge is -2.16. The second kappa shape index (κ2) is 7.71. The maximum absolute atomic E-state index is 5.96. The molecular weight excluding hydrogens is 244 g/mol. The molecule has 2 rings (SSSR count). The number of nitrogens with two attached hydrogens (primary N) is 1. The Hall–Kier alpha value is -1.80. The van der Waals surface area contributed by atoms with Gasteiger partial charge in [0.05, 0.1) is 0 Å². The topological polar surface area (TPSA) is 29.3 Å². The molecule has 20 heavy (non-hydrogen) atoms. The molecule has 0 aliphatic rings. The fourth-order valence-corrected chi connectivity index (χ4v) is 2.38. The Bertz CT molecular complexity index is 508. The van der Waals surface area contributed by atoms with E-state index < -0.39 is 0 Å². The zero-order valence-corrected chi connectivity index (χ0v) is 12.3. The summed E-state index contributed by atoms with van der Waals surface area (Å²) in [6.45, 7) is 2.22. The highest BCUT2D eigenvalue weighted by Gasteiger charge is 2.01. The van der Waals surface area contributed by atoms with Gasteiger partial charge >= 0.3 is 0 Å². The second-order valence-electron chi connectivity index (χ2n) is 5.34. The van der Waals surface area contributed by atoms with Crippen molar-refractivity contribution in [3.63, 3.8) is 0 Å². The first kappa shape index (κ1) is 14.6. The predicted molar refractivity (Wildman–Crippen MR) is 86.8 cm³/mol. The molecule has 0 saturated carbocycles. The van der Waals surface area contributed by atoms with Gasteiger partial charge in [0.1, 0.15) is 0 Å². The second-order valence-corrected chi connectivity index (χ2v) is 5.34. The van der Waals surface area contributed by atoms with Crippen LogP contribution in [0, 0.1) is 0 Å². The molecule has 0 bridgehead atoms. The third kappa shape index (κ3) is 4.71. The van der Waals surface area contributed by atoms with Gasteiger partial charge in [0, 0.05) is 12.2 Å². The van der Waals surface area contributed by atoms with Crippen LogP contribution in [0.25, 0.3) is 0 Å². The number of hydrogen-bond acceptors (Lipinski definition) is 2. The average molecular weight is 268 g/mol. The van der Waals surface area contributed by atoms with E-state index in [1.165, 1.54) is 11.1 Å². The number of aryl methyl sites for hydroxylation is 1. The molecule has 0 aliphatic heterocycles. The monoisotopic (exact) mass is 268 g/mol. The molecule has 0 saturated heterocycles. The minimum Gasteiger partial charge on any atom is -0.399 e. The van der Waals surface area contributed by atoms with Crippen molar-refractivity contribution < 1.29 is 0 Å². The molecule has 0 spiro atoms. The highest BCUT2D eigenvalue weighted by atomic mass is 15.1. The smallest absolute Gasteiger partial charge is 0.0346 e. The standard InChI is InChI=1S/C18H24N2/c1-20(15-13-16-8-3-2-4-9-16)14-7-11-17-10-5-6-12-18(17)19/h2-6,8-10,12H,7,11,13-15,19H2,1H3. The number of rotatable bonds is 7. The first-order chi connectivity index (χ1) is 9.75. The Labute approximate surface area is 122 Å². The van der Waals surface area contributed by atoms with Gasteiger partial charge < -0.3 is 10.6 Å². The van der Waals surface area contributed by atoms with E-state index in [9.17, 15) is 0 Å². The van der Waals surface area contributed by atoms with Crippen LogP contribution in [0.3, 0.4) is 0 Å². The number of benzene rings is 2. The molecule has 0 unspecified atom stereocenters. The average Bonchev–Trinajstić information content (AvgIpc) is 2.48. The molecule has 0 atom stereocenters. The quantitative estimate of drug-likeness (QED) is 0.780. The van der Waals surface area contributed by atoms with Gasteiger partial charge in [0.2, 0.25) is 0 Å². The van der Waals surface area contributed by atoms with E-state index in [0.717, 1.165) is 38.0 Å². The molecule has 0 fully saturated rings. The van der Waals surface area contributed by atoms with Gasteiger partial charge in [-0.05, 0) is 50.0 Å². The number of para-hydroxylation sites is 1. The minimum absolute atomic E-state index is 0.916. The number of hydrogen-bond donors (Lipinski definition) is 1. The summed E-state index contributed by atoms with van der Waals surface area (Å²) in [6.07, 6.45) is 3.33. The summed E-state index contributed by atoms with van der Waals surface area (Å²) >= 11 is 0. The van der Waals surface area contributed by atoms with Gasteiger partial charge in [0.25, 0.3) is 0 Å². The van der Waals surface area contributed by atoms with E-state index in [2.05, 4.69) is 54.4 Å². The molecular formula is C18H24N2. The summed E-state index contributed by atoms with van der Waals surface area (Å²) in [6, 6.07) is 18.8. The van der Waals surface area contributed by atoms with Gasteiger partial charge in [-0.1, -0.05) is 48.5 Å². The first-order valence-corrected chi connectivity index (χ1v) is 7.31. The summed E-state index contributed by atoms with van der Waals surface area (Å²) in [4.78, 5) is 2.39. The van der Waals surface area contributed by atoms with E-state index >= 15 is 0 Å². The Morgan fingerprint density at radius 1 is 0.850 bits per heavy atom. The van der Waals surface area contributed by atoms with Crippen LogP contribution in [-0.4, -0.2) is 25.0 Å². The predicted octanol–water partition coefficient (Wildman–Crippen LogP) is 3.38. The lowest BCUT2D eigenvalue weighted by molar-refractivity contribution is 0.334. The molecule has 0 aromatic heterocycles. The van der Waals surface area contributed by atoms with Crippen molar-refractivity contribution in [1.82, 2.24) is 4.90 Å². The SMILES string of the molecule is CN(CCCc1ccccc1N)CCc1ccccc1. The fourth-order valence-electron chi connectivity index (χ4n) is 2.38. The molecule has 106 valence electrons. The summed E-state index contributed by atoms with van der Waals surface area (Å²) in [5.41, 5.74) is 9.55. The van der Waals surface area contributed by atoms with Crippen LogP contribution in [0.1, 0.15) is 17.5 Å². The molecule has 2 aromatic rings. The van der Waals surface area contributed by atoms with Crippen molar-refractivity contribution in [3.05, 3.63) is 65.7 Å². The maximum atomic E-state index is 5.96. The molecule has 0 aliphatic carbocycles. The zero-order valence-electron chi connectivity index (χ0n) is 12.3. The van der Waals surface area contributed by atoms with Gasteiger partial charge in [0.15, 0.2) is 0 Å². The van der Waals surface area contributed by atoms with Crippen LogP contribution in [-0.2, 0) is 12.8 Å². The van der Waals surface area contributed by atoms with Gasteiger partial charge in [-0.15, -0.1) is 0 Å². The van der Waals surface area contributed by atoms with Crippen molar-refractivity contribution in [2.24, 2.45) is 0 Å². The van der Waals surface area contributed by atoms with Crippen molar-refractivity contribution in [3.8, 4) is 0 Å². The van der Waals surface area contributed by atoms with Crippen LogP contribution in [0.5, 0.6) is 0 Å². The molecule has 2 nitrogen and oxygen atoms in total. The fraction of sp³-hybridized carbons (Fsp3) is 0.333. The molecule has 0 amide bonds. The summed E-state index contributed by atoms with van der Waals surface area (Å²) < 4.78 is 0. The van der Waals surface area contributed by atoms with Crippen LogP contribution in [0.4, 0.5) is 5.69 Å². The Balaban J connectivity index is 1.68. The molecule has 0 heterocycles. The van der Waals surface area contributed by atoms with Crippen LogP contribution < -0.4 is 5.73 Å². The number of anilines is 1. The lowest BCUT2D eigenvalue weighted by Crippen LogP contribution is -2.22. The van der Waals surface area contributed by atoms with Gasteiger partial charge in [-0.2, -0.15) is 0 Å². The van der Waals surface area contributed by atoms with E-state index in [0.29, 0.717) is 0 Å². The first-order valence-electron chi connectivity index (χ1n) is 7.31. The van der Waals surface area contributed by atoms with Gasteiger partial charge in [-0.25, -0.2) is 0 Å². The Kier molecular flexibility index (Phi) is 5.63. The highest BCUT2D eigenvalue weighted by molar-refractivity contribution is 5.46. The number of nitrogen functional groups attached to an aromatic ring is 1. The minimum atomic E-state index is 0.916. The Morgan fingerprint density at radius 3 is 2.30 bits per heavy atom.